The molecule has 0 saturated carbocycles. The molecule has 0 unspecified atom stereocenters. The molecule has 0 aliphatic heterocycles. The standard InChI is InChI=1S/C18H25NSi/c1-13(2)17-14(3)18(15-10-8-7-9-11-15)19-12-16(17)20(4,5)6/h7-13H,1-6H3. The van der Waals surface area contributed by atoms with Crippen molar-refractivity contribution in [2.45, 2.75) is 46.3 Å². The van der Waals surface area contributed by atoms with Gasteiger partial charge in [0.15, 0.2) is 0 Å². The number of nitrogens with zero attached hydrogens (tertiary/aromatic N) is 1. The molecule has 0 N–H and O–H groups in total. The normalized spacial score (nSPS) is 11.9. The Hall–Kier alpha value is -1.41. The smallest absolute Gasteiger partial charge is 0.0800 e. The predicted molar refractivity (Wildman–Crippen MR) is 91.5 cm³/mol. The summed E-state index contributed by atoms with van der Waals surface area (Å²) in [5.41, 5.74) is 5.22. The van der Waals surface area contributed by atoms with Crippen LogP contribution in [0.3, 0.4) is 0 Å². The maximum Gasteiger partial charge on any atom is 0.0800 e. The first-order valence-electron chi connectivity index (χ1n) is 7.37. The summed E-state index contributed by atoms with van der Waals surface area (Å²) >= 11 is 0. The molecule has 0 radical (unpaired) electrons. The van der Waals surface area contributed by atoms with E-state index in [-0.39, 0.29) is 0 Å². The average molecular weight is 283 g/mol. The number of aromatic nitrogens is 1. The average Bonchev–Trinajstić information content (AvgIpc) is 2.37. The van der Waals surface area contributed by atoms with Crippen LogP contribution in [0.5, 0.6) is 0 Å². The number of rotatable bonds is 3. The molecule has 2 heteroatoms. The summed E-state index contributed by atoms with van der Waals surface area (Å²) in [7, 11) is -1.36. The van der Waals surface area contributed by atoms with Crippen LogP contribution < -0.4 is 5.19 Å². The zero-order valence-electron chi connectivity index (χ0n) is 13.5. The molecule has 2 rings (SSSR count). The quantitative estimate of drug-likeness (QED) is 0.742. The van der Waals surface area contributed by atoms with Crippen LogP contribution in [0.1, 0.15) is 30.9 Å². The molecule has 20 heavy (non-hydrogen) atoms. The van der Waals surface area contributed by atoms with Gasteiger partial charge in [0.2, 0.25) is 0 Å². The van der Waals surface area contributed by atoms with Crippen molar-refractivity contribution in [3.05, 3.63) is 47.7 Å². The van der Waals surface area contributed by atoms with Crippen LogP contribution in [0.2, 0.25) is 19.6 Å². The Morgan fingerprint density at radius 3 is 2.10 bits per heavy atom. The summed E-state index contributed by atoms with van der Waals surface area (Å²) in [6, 6.07) is 10.5. The highest BCUT2D eigenvalue weighted by atomic mass is 28.3. The fourth-order valence-corrected chi connectivity index (χ4v) is 4.59. The monoisotopic (exact) mass is 283 g/mol. The predicted octanol–water partition coefficient (Wildman–Crippen LogP) is 4.73. The Labute approximate surface area is 124 Å². The van der Waals surface area contributed by atoms with Crippen LogP contribution in [0.25, 0.3) is 11.3 Å². The van der Waals surface area contributed by atoms with Gasteiger partial charge < -0.3 is 0 Å². The largest absolute Gasteiger partial charge is 0.256 e. The highest BCUT2D eigenvalue weighted by Gasteiger charge is 2.24. The van der Waals surface area contributed by atoms with Crippen LogP contribution in [0, 0.1) is 6.92 Å². The van der Waals surface area contributed by atoms with Crippen LogP contribution in [-0.4, -0.2) is 13.1 Å². The lowest BCUT2D eigenvalue weighted by molar-refractivity contribution is 0.859. The molecule has 1 nitrogen and oxygen atoms in total. The Morgan fingerprint density at radius 1 is 1.00 bits per heavy atom. The van der Waals surface area contributed by atoms with E-state index >= 15 is 0 Å². The van der Waals surface area contributed by atoms with Crippen molar-refractivity contribution in [3.63, 3.8) is 0 Å². The van der Waals surface area contributed by atoms with E-state index in [0.29, 0.717) is 5.92 Å². The van der Waals surface area contributed by atoms with Crippen molar-refractivity contribution >= 4 is 13.3 Å². The van der Waals surface area contributed by atoms with Gasteiger partial charge in [0, 0.05) is 11.8 Å². The van der Waals surface area contributed by atoms with Crippen molar-refractivity contribution in [2.24, 2.45) is 0 Å². The lowest BCUT2D eigenvalue weighted by Crippen LogP contribution is -2.41. The van der Waals surface area contributed by atoms with E-state index in [1.54, 1.807) is 0 Å². The molecule has 0 aliphatic rings. The van der Waals surface area contributed by atoms with Crippen LogP contribution in [0.4, 0.5) is 0 Å². The molecule has 1 heterocycles. The van der Waals surface area contributed by atoms with Gasteiger partial charge in [-0.2, -0.15) is 0 Å². The van der Waals surface area contributed by atoms with Crippen LogP contribution in [0.15, 0.2) is 36.5 Å². The maximum atomic E-state index is 4.79. The number of pyridine rings is 1. The topological polar surface area (TPSA) is 12.9 Å². The molecule has 2 aromatic rings. The highest BCUT2D eigenvalue weighted by molar-refractivity contribution is 6.89. The summed E-state index contributed by atoms with van der Waals surface area (Å²) in [6.45, 7) is 14.0. The Kier molecular flexibility index (Phi) is 4.14. The SMILES string of the molecule is Cc1c(-c2ccccc2)ncc([Si](C)(C)C)c1C(C)C. The van der Waals surface area contributed by atoms with Gasteiger partial charge in [-0.25, -0.2) is 0 Å². The van der Waals surface area contributed by atoms with Crippen molar-refractivity contribution in [2.75, 3.05) is 0 Å². The highest BCUT2D eigenvalue weighted by Crippen LogP contribution is 2.27. The molecule has 106 valence electrons. The third-order valence-electron chi connectivity index (χ3n) is 3.80. The summed E-state index contributed by atoms with van der Waals surface area (Å²) in [4.78, 5) is 4.79. The molecular formula is C18H25NSi. The molecule has 0 amide bonds. The lowest BCUT2D eigenvalue weighted by atomic mass is 9.95. The first-order chi connectivity index (χ1) is 9.32. The second-order valence-corrected chi connectivity index (χ2v) is 11.9. The Morgan fingerprint density at radius 2 is 1.60 bits per heavy atom. The lowest BCUT2D eigenvalue weighted by Gasteiger charge is -2.25. The zero-order valence-corrected chi connectivity index (χ0v) is 14.5. The number of benzene rings is 1. The first kappa shape index (κ1) is 15.0. The van der Waals surface area contributed by atoms with Crippen molar-refractivity contribution < 1.29 is 0 Å². The van der Waals surface area contributed by atoms with E-state index in [1.165, 1.54) is 21.9 Å². The number of hydrogen-bond donors (Lipinski definition) is 0. The van der Waals surface area contributed by atoms with E-state index < -0.39 is 8.07 Å². The van der Waals surface area contributed by atoms with E-state index in [9.17, 15) is 0 Å². The van der Waals surface area contributed by atoms with E-state index in [1.807, 2.05) is 0 Å². The van der Waals surface area contributed by atoms with Crippen molar-refractivity contribution in [1.29, 1.82) is 0 Å². The molecular weight excluding hydrogens is 258 g/mol. The van der Waals surface area contributed by atoms with E-state index in [4.69, 9.17) is 4.98 Å². The fourth-order valence-electron chi connectivity index (χ4n) is 2.85. The summed E-state index contributed by atoms with van der Waals surface area (Å²) in [6.07, 6.45) is 2.14. The molecule has 0 bridgehead atoms. The van der Waals surface area contributed by atoms with Crippen LogP contribution in [-0.2, 0) is 0 Å². The molecule has 0 atom stereocenters. The Bertz CT molecular complexity index is 595. The minimum Gasteiger partial charge on any atom is -0.256 e. The van der Waals surface area contributed by atoms with Gasteiger partial charge in [0.1, 0.15) is 0 Å². The van der Waals surface area contributed by atoms with Crippen LogP contribution >= 0.6 is 0 Å². The van der Waals surface area contributed by atoms with Gasteiger partial charge in [-0.3, -0.25) is 4.98 Å². The molecule has 1 aromatic heterocycles. The van der Waals surface area contributed by atoms with Gasteiger partial charge in [-0.1, -0.05) is 63.8 Å². The molecule has 0 spiro atoms. The molecule has 0 aliphatic carbocycles. The second-order valence-electron chi connectivity index (χ2n) is 6.83. The molecule has 0 saturated heterocycles. The van der Waals surface area contributed by atoms with Gasteiger partial charge in [0.25, 0.3) is 0 Å². The minimum atomic E-state index is -1.36. The van der Waals surface area contributed by atoms with Crippen molar-refractivity contribution in [1.82, 2.24) is 4.98 Å². The minimum absolute atomic E-state index is 0.544. The molecule has 0 fully saturated rings. The van der Waals surface area contributed by atoms with Gasteiger partial charge in [-0.15, -0.1) is 0 Å². The third-order valence-corrected chi connectivity index (χ3v) is 5.82. The van der Waals surface area contributed by atoms with Gasteiger partial charge in [-0.05, 0) is 29.2 Å². The number of hydrogen-bond acceptors (Lipinski definition) is 1. The fraction of sp³-hybridized carbons (Fsp3) is 0.389. The Balaban J connectivity index is 2.68. The van der Waals surface area contributed by atoms with Gasteiger partial charge >= 0.3 is 0 Å². The molecule has 1 aromatic carbocycles. The van der Waals surface area contributed by atoms with E-state index in [2.05, 4.69) is 76.9 Å². The van der Waals surface area contributed by atoms with Crippen molar-refractivity contribution in [3.8, 4) is 11.3 Å². The second kappa shape index (κ2) is 5.53. The maximum absolute atomic E-state index is 4.79. The summed E-state index contributed by atoms with van der Waals surface area (Å²) in [5, 5.41) is 1.50. The van der Waals surface area contributed by atoms with Gasteiger partial charge in [0.05, 0.1) is 13.8 Å². The van der Waals surface area contributed by atoms with E-state index in [0.717, 1.165) is 5.69 Å². The zero-order chi connectivity index (χ0) is 14.9. The summed E-state index contributed by atoms with van der Waals surface area (Å²) < 4.78 is 0. The first-order valence-corrected chi connectivity index (χ1v) is 10.9. The third kappa shape index (κ3) is 2.85. The summed E-state index contributed by atoms with van der Waals surface area (Å²) in [5.74, 6) is 0.544.